The van der Waals surface area contributed by atoms with Crippen LogP contribution in [0.1, 0.15) is 116 Å². The van der Waals surface area contributed by atoms with E-state index in [1.165, 1.54) is 96.3 Å². The number of hydrogen-bond acceptors (Lipinski definition) is 0. The van der Waals surface area contributed by atoms with Gasteiger partial charge in [-0.2, -0.15) is 0 Å². The Morgan fingerprint density at radius 3 is 1.19 bits per heavy atom. The topological polar surface area (TPSA) is 0 Å². The van der Waals surface area contributed by atoms with Gasteiger partial charge < -0.3 is 0 Å². The van der Waals surface area contributed by atoms with E-state index in [4.69, 9.17) is 0 Å². The first kappa shape index (κ1) is 23.6. The van der Waals surface area contributed by atoms with Crippen molar-refractivity contribution in [2.75, 3.05) is 0 Å². The lowest BCUT2D eigenvalue weighted by Gasteiger charge is -2.37. The van der Waals surface area contributed by atoms with E-state index in [-0.39, 0.29) is 0 Å². The molecule has 31 heavy (non-hydrogen) atoms. The molecule has 3 fully saturated rings. The summed E-state index contributed by atoms with van der Waals surface area (Å²) in [5.74, 6) is 3.15. The Morgan fingerprint density at radius 2 is 0.839 bits per heavy atom. The molecule has 1 aromatic carbocycles. The summed E-state index contributed by atoms with van der Waals surface area (Å²) < 4.78 is 0. The highest BCUT2D eigenvalue weighted by Gasteiger charge is 2.36. The van der Waals surface area contributed by atoms with Crippen LogP contribution in [0.15, 0.2) is 30.3 Å². The van der Waals surface area contributed by atoms with Gasteiger partial charge in [0.25, 0.3) is 0 Å². The van der Waals surface area contributed by atoms with Crippen LogP contribution >= 0.6 is 0 Å². The van der Waals surface area contributed by atoms with Gasteiger partial charge in [-0.15, -0.1) is 0 Å². The van der Waals surface area contributed by atoms with Crippen LogP contribution in [0.25, 0.3) is 0 Å². The molecule has 0 spiro atoms. The maximum atomic E-state index is 2.56. The lowest BCUT2D eigenvalue weighted by atomic mass is 9.87. The van der Waals surface area contributed by atoms with E-state index in [2.05, 4.69) is 30.3 Å². The van der Waals surface area contributed by atoms with Gasteiger partial charge in [0, 0.05) is 0 Å². The van der Waals surface area contributed by atoms with E-state index in [9.17, 15) is 0 Å². The van der Waals surface area contributed by atoms with Crippen molar-refractivity contribution in [2.45, 2.75) is 134 Å². The molecule has 0 N–H and O–H groups in total. The molecule has 0 radical (unpaired) electrons. The molecular weight excluding hydrogens is 388 g/mol. The molecule has 3 aliphatic carbocycles. The average molecular weight is 439 g/mol. The summed E-state index contributed by atoms with van der Waals surface area (Å²) in [5, 5.41) is 1.83. The number of rotatable bonds is 10. The molecule has 0 unspecified atom stereocenters. The van der Waals surface area contributed by atoms with Crippen LogP contribution < -0.4 is 5.19 Å². The summed E-state index contributed by atoms with van der Waals surface area (Å²) in [4.78, 5) is 0. The van der Waals surface area contributed by atoms with Gasteiger partial charge in [0.05, 0.1) is 8.07 Å². The fourth-order valence-corrected chi connectivity index (χ4v) is 12.9. The van der Waals surface area contributed by atoms with Crippen molar-refractivity contribution in [1.82, 2.24) is 0 Å². The molecule has 1 heteroatoms. The highest BCUT2D eigenvalue weighted by Crippen LogP contribution is 2.38. The molecule has 0 aliphatic heterocycles. The molecule has 1 aromatic rings. The Labute approximate surface area is 195 Å². The van der Waals surface area contributed by atoms with Gasteiger partial charge in [0.1, 0.15) is 0 Å². The van der Waals surface area contributed by atoms with Crippen molar-refractivity contribution in [3.8, 4) is 0 Å². The van der Waals surface area contributed by atoms with Crippen LogP contribution in [-0.2, 0) is 0 Å². The molecule has 3 saturated carbocycles. The fraction of sp³-hybridized carbons (Fsp3) is 0.800. The van der Waals surface area contributed by atoms with Gasteiger partial charge in [-0.1, -0.05) is 169 Å². The van der Waals surface area contributed by atoms with Crippen molar-refractivity contribution >= 4 is 13.3 Å². The summed E-state index contributed by atoms with van der Waals surface area (Å²) >= 11 is 0. The number of hydrogen-bond donors (Lipinski definition) is 0. The van der Waals surface area contributed by atoms with Gasteiger partial charge in [-0.3, -0.25) is 0 Å². The van der Waals surface area contributed by atoms with Gasteiger partial charge in [0.2, 0.25) is 0 Å². The first-order valence-electron chi connectivity index (χ1n) is 14.4. The van der Waals surface area contributed by atoms with Gasteiger partial charge in [-0.05, 0) is 17.8 Å². The van der Waals surface area contributed by atoms with Crippen molar-refractivity contribution in [3.05, 3.63) is 30.3 Å². The zero-order chi connectivity index (χ0) is 21.2. The van der Waals surface area contributed by atoms with E-state index < -0.39 is 8.07 Å². The van der Waals surface area contributed by atoms with Crippen LogP contribution in [0, 0.1) is 17.8 Å². The van der Waals surface area contributed by atoms with Gasteiger partial charge >= 0.3 is 0 Å². The third-order valence-corrected chi connectivity index (χ3v) is 14.9. The van der Waals surface area contributed by atoms with Crippen LogP contribution in [0.2, 0.25) is 18.1 Å². The average Bonchev–Trinajstić information content (AvgIpc) is 2.86. The van der Waals surface area contributed by atoms with E-state index in [1.807, 2.05) is 5.19 Å². The monoisotopic (exact) mass is 438 g/mol. The largest absolute Gasteiger partial charge is 0.0867 e. The molecular formula is C30H50Si. The summed E-state index contributed by atoms with van der Waals surface area (Å²) in [6.07, 6.45) is 27.4. The number of benzene rings is 1. The van der Waals surface area contributed by atoms with E-state index in [0.29, 0.717) is 0 Å². The van der Waals surface area contributed by atoms with Gasteiger partial charge in [0.15, 0.2) is 0 Å². The lowest BCUT2D eigenvalue weighted by molar-refractivity contribution is 0.339. The fourth-order valence-electron chi connectivity index (χ4n) is 7.47. The van der Waals surface area contributed by atoms with E-state index in [1.54, 1.807) is 37.4 Å². The molecule has 0 amide bonds. The second-order valence-electron chi connectivity index (χ2n) is 11.8. The first-order valence-corrected chi connectivity index (χ1v) is 17.0. The highest BCUT2D eigenvalue weighted by molar-refractivity contribution is 6.91. The molecule has 0 bridgehead atoms. The predicted molar refractivity (Wildman–Crippen MR) is 140 cm³/mol. The lowest BCUT2D eigenvalue weighted by Crippen LogP contribution is -2.48. The molecule has 4 rings (SSSR count). The van der Waals surface area contributed by atoms with E-state index in [0.717, 1.165) is 17.8 Å². The third-order valence-electron chi connectivity index (χ3n) is 9.65. The first-order chi connectivity index (χ1) is 15.3. The van der Waals surface area contributed by atoms with Crippen LogP contribution in [-0.4, -0.2) is 8.07 Å². The standard InChI is InChI=1S/C30H50Si/c1-5-13-27(14-6-1)21-24-31(30-19-11-4-12-20-30,25-22-28-15-7-2-8-16-28)26-23-29-17-9-3-10-18-29/h4,11-12,19-20,27-29H,1-3,5-10,13-18,21-26H2. The quantitative estimate of drug-likeness (QED) is 0.319. The Balaban J connectivity index is 1.49. The second kappa shape index (κ2) is 12.6. The molecule has 3 aliphatic rings. The minimum atomic E-state index is -1.42. The van der Waals surface area contributed by atoms with Crippen LogP contribution in [0.5, 0.6) is 0 Å². The maximum Gasteiger partial charge on any atom is 0.0867 e. The molecule has 174 valence electrons. The Hall–Kier alpha value is -0.563. The summed E-state index contributed by atoms with van der Waals surface area (Å²) in [5.41, 5.74) is 0. The van der Waals surface area contributed by atoms with Crippen molar-refractivity contribution in [3.63, 3.8) is 0 Å². The Kier molecular flexibility index (Phi) is 9.60. The normalized spacial score (nSPS) is 22.6. The Bertz CT molecular complexity index is 535. The van der Waals surface area contributed by atoms with Gasteiger partial charge in [-0.25, -0.2) is 0 Å². The van der Waals surface area contributed by atoms with Crippen molar-refractivity contribution in [2.24, 2.45) is 17.8 Å². The zero-order valence-corrected chi connectivity index (χ0v) is 21.5. The zero-order valence-electron chi connectivity index (χ0n) is 20.5. The minimum absolute atomic E-state index is 1.05. The molecule has 0 atom stereocenters. The molecule has 0 nitrogen and oxygen atoms in total. The molecule has 0 saturated heterocycles. The third kappa shape index (κ3) is 7.21. The highest BCUT2D eigenvalue weighted by atomic mass is 28.3. The summed E-state index contributed by atoms with van der Waals surface area (Å²) in [6.45, 7) is 0. The molecule has 0 aromatic heterocycles. The van der Waals surface area contributed by atoms with Crippen molar-refractivity contribution < 1.29 is 0 Å². The van der Waals surface area contributed by atoms with Crippen LogP contribution in [0.3, 0.4) is 0 Å². The molecule has 0 heterocycles. The van der Waals surface area contributed by atoms with Crippen molar-refractivity contribution in [1.29, 1.82) is 0 Å². The Morgan fingerprint density at radius 1 is 0.484 bits per heavy atom. The second-order valence-corrected chi connectivity index (χ2v) is 16.4. The SMILES string of the molecule is c1ccc([Si](CCC2CCCCC2)(CCC2CCCCC2)CCC2CCCCC2)cc1. The smallest absolute Gasteiger partial charge is 0.0630 e. The minimum Gasteiger partial charge on any atom is -0.0630 e. The van der Waals surface area contributed by atoms with Crippen LogP contribution in [0.4, 0.5) is 0 Å². The predicted octanol–water partition coefficient (Wildman–Crippen LogP) is 9.25. The summed E-state index contributed by atoms with van der Waals surface area (Å²) in [7, 11) is -1.42. The maximum absolute atomic E-state index is 2.56. The van der Waals surface area contributed by atoms with E-state index >= 15 is 0 Å². The summed E-state index contributed by atoms with van der Waals surface area (Å²) in [6, 6.07) is 16.9.